The predicted molar refractivity (Wildman–Crippen MR) is 145 cm³/mol. The van der Waals surface area contributed by atoms with Gasteiger partial charge in [-0.1, -0.05) is 73.0 Å². The van der Waals surface area contributed by atoms with E-state index in [2.05, 4.69) is 5.32 Å². The molecular weight excluding hydrogens is 492 g/mol. The van der Waals surface area contributed by atoms with Crippen LogP contribution in [0.3, 0.4) is 0 Å². The number of nitrogens with one attached hydrogen (secondary N) is 1. The number of aryl methyl sites for hydroxylation is 1. The standard InChI is InChI=1S/C27H31ClN6O3/c1-32-24-23(25(36)34(27(32)37)16-22(35)17-9-3-2-4-10-17)33(15-18-11-5-6-12-19(18)28)26(31-24)30-21-14-8-7-13-20(21)29/h2-6,9-12,20-22,35H,7-8,13-16,29H2,1H3,(H,30,31)/t20?,21?,22-/m1/s1. The lowest BCUT2D eigenvalue weighted by Gasteiger charge is -2.29. The summed E-state index contributed by atoms with van der Waals surface area (Å²) in [6.07, 6.45) is 2.91. The molecule has 10 heteroatoms. The third-order valence-electron chi connectivity index (χ3n) is 7.19. The summed E-state index contributed by atoms with van der Waals surface area (Å²) >= 11 is 6.48. The molecule has 194 valence electrons. The van der Waals surface area contributed by atoms with Crippen molar-refractivity contribution in [3.63, 3.8) is 0 Å². The van der Waals surface area contributed by atoms with Gasteiger partial charge in [-0.05, 0) is 30.0 Å². The summed E-state index contributed by atoms with van der Waals surface area (Å²) in [5.41, 5.74) is 7.28. The summed E-state index contributed by atoms with van der Waals surface area (Å²) in [4.78, 5) is 31.8. The van der Waals surface area contributed by atoms with Crippen molar-refractivity contribution in [2.45, 2.75) is 57.0 Å². The van der Waals surface area contributed by atoms with E-state index in [1.54, 1.807) is 41.9 Å². The number of hydrogen-bond acceptors (Lipinski definition) is 6. The highest BCUT2D eigenvalue weighted by molar-refractivity contribution is 6.31. The van der Waals surface area contributed by atoms with E-state index in [0.717, 1.165) is 35.8 Å². The quantitative estimate of drug-likeness (QED) is 0.343. The number of nitrogens with two attached hydrogens (primary N) is 1. The fraction of sp³-hybridized carbons (Fsp3) is 0.370. The number of benzene rings is 2. The van der Waals surface area contributed by atoms with Crippen LogP contribution in [-0.2, 0) is 20.1 Å². The largest absolute Gasteiger partial charge is 0.387 e. The molecule has 2 aromatic carbocycles. The minimum atomic E-state index is -1.03. The molecule has 1 fully saturated rings. The molecule has 9 nitrogen and oxygen atoms in total. The van der Waals surface area contributed by atoms with Gasteiger partial charge in [-0.3, -0.25) is 18.5 Å². The maximum atomic E-state index is 13.8. The van der Waals surface area contributed by atoms with Crippen LogP contribution in [-0.4, -0.2) is 35.9 Å². The van der Waals surface area contributed by atoms with Gasteiger partial charge in [0.05, 0.1) is 19.2 Å². The van der Waals surface area contributed by atoms with Gasteiger partial charge in [-0.2, -0.15) is 4.98 Å². The van der Waals surface area contributed by atoms with Crippen LogP contribution in [0.5, 0.6) is 0 Å². The minimum absolute atomic E-state index is 0.00489. The number of aliphatic hydroxyl groups is 1. The Morgan fingerprint density at radius 3 is 2.51 bits per heavy atom. The van der Waals surface area contributed by atoms with Gasteiger partial charge < -0.3 is 16.2 Å². The molecular formula is C27H31ClN6O3. The molecule has 1 aliphatic carbocycles. The molecule has 4 N–H and O–H groups in total. The Morgan fingerprint density at radius 1 is 1.08 bits per heavy atom. The molecule has 2 aromatic heterocycles. The van der Waals surface area contributed by atoms with Gasteiger partial charge in [0.15, 0.2) is 11.2 Å². The molecule has 0 amide bonds. The van der Waals surface area contributed by atoms with E-state index in [4.69, 9.17) is 22.3 Å². The highest BCUT2D eigenvalue weighted by Crippen LogP contribution is 2.25. The van der Waals surface area contributed by atoms with Crippen molar-refractivity contribution in [3.05, 3.63) is 91.6 Å². The van der Waals surface area contributed by atoms with Crippen molar-refractivity contribution in [2.24, 2.45) is 12.8 Å². The van der Waals surface area contributed by atoms with Gasteiger partial charge in [-0.15, -0.1) is 0 Å². The number of imidazole rings is 1. The molecule has 1 aliphatic rings. The van der Waals surface area contributed by atoms with Gasteiger partial charge in [-0.25, -0.2) is 4.79 Å². The first-order valence-electron chi connectivity index (χ1n) is 12.5. The number of anilines is 1. The van der Waals surface area contributed by atoms with Crippen LogP contribution in [0.2, 0.25) is 5.02 Å². The number of aliphatic hydroxyl groups excluding tert-OH is 1. The average Bonchev–Trinajstić information content (AvgIpc) is 3.26. The van der Waals surface area contributed by atoms with Crippen molar-refractivity contribution in [1.82, 2.24) is 18.7 Å². The molecule has 0 spiro atoms. The van der Waals surface area contributed by atoms with Crippen molar-refractivity contribution >= 4 is 28.7 Å². The van der Waals surface area contributed by atoms with Crippen LogP contribution in [0, 0.1) is 0 Å². The molecule has 0 aliphatic heterocycles. The van der Waals surface area contributed by atoms with E-state index >= 15 is 0 Å². The second-order valence-electron chi connectivity index (χ2n) is 9.67. The van der Waals surface area contributed by atoms with E-state index in [-0.39, 0.29) is 36.3 Å². The molecule has 0 radical (unpaired) electrons. The van der Waals surface area contributed by atoms with Crippen LogP contribution in [0.25, 0.3) is 11.2 Å². The Bertz CT molecular complexity index is 1530. The summed E-state index contributed by atoms with van der Waals surface area (Å²) in [6.45, 7) is 0.0914. The third kappa shape index (κ3) is 4.94. The van der Waals surface area contributed by atoms with Gasteiger partial charge in [0, 0.05) is 24.2 Å². The Kier molecular flexibility index (Phi) is 7.19. The first-order valence-corrected chi connectivity index (χ1v) is 12.9. The summed E-state index contributed by atoms with van der Waals surface area (Å²) in [5, 5.41) is 14.8. The second kappa shape index (κ2) is 10.5. The van der Waals surface area contributed by atoms with Crippen molar-refractivity contribution < 1.29 is 5.11 Å². The van der Waals surface area contributed by atoms with E-state index < -0.39 is 17.4 Å². The number of nitrogens with zero attached hydrogens (tertiary/aromatic N) is 4. The summed E-state index contributed by atoms with van der Waals surface area (Å²) < 4.78 is 4.19. The maximum Gasteiger partial charge on any atom is 0.332 e. The lowest BCUT2D eigenvalue weighted by Crippen LogP contribution is -2.43. The number of aromatic nitrogens is 4. The fourth-order valence-electron chi connectivity index (χ4n) is 5.05. The van der Waals surface area contributed by atoms with Crippen molar-refractivity contribution in [2.75, 3.05) is 5.32 Å². The van der Waals surface area contributed by atoms with Crippen LogP contribution >= 0.6 is 11.6 Å². The molecule has 3 atom stereocenters. The van der Waals surface area contributed by atoms with Crippen molar-refractivity contribution in [1.29, 1.82) is 0 Å². The minimum Gasteiger partial charge on any atom is -0.387 e. The Morgan fingerprint density at radius 2 is 1.78 bits per heavy atom. The number of fused-ring (bicyclic) bond motifs is 1. The van der Waals surface area contributed by atoms with Gasteiger partial charge >= 0.3 is 5.69 Å². The molecule has 0 bridgehead atoms. The zero-order chi connectivity index (χ0) is 26.1. The molecule has 37 heavy (non-hydrogen) atoms. The summed E-state index contributed by atoms with van der Waals surface area (Å²) in [7, 11) is 1.58. The Labute approximate surface area is 219 Å². The van der Waals surface area contributed by atoms with E-state index in [1.165, 1.54) is 4.57 Å². The fourth-order valence-corrected chi connectivity index (χ4v) is 5.25. The van der Waals surface area contributed by atoms with Crippen LogP contribution in [0.4, 0.5) is 5.95 Å². The van der Waals surface area contributed by atoms with Gasteiger partial charge in [0.25, 0.3) is 5.56 Å². The topological polar surface area (TPSA) is 120 Å². The molecule has 5 rings (SSSR count). The van der Waals surface area contributed by atoms with E-state index in [9.17, 15) is 14.7 Å². The van der Waals surface area contributed by atoms with Gasteiger partial charge in [0.1, 0.15) is 0 Å². The van der Waals surface area contributed by atoms with E-state index in [0.29, 0.717) is 16.5 Å². The Hall–Kier alpha value is -3.40. The zero-order valence-electron chi connectivity index (χ0n) is 20.7. The first kappa shape index (κ1) is 25.3. The smallest absolute Gasteiger partial charge is 0.332 e. The molecule has 4 aromatic rings. The summed E-state index contributed by atoms with van der Waals surface area (Å²) in [6, 6.07) is 16.3. The number of rotatable bonds is 7. The SMILES string of the molecule is Cn1c(=O)n(C[C@@H](O)c2ccccc2)c(=O)c2c1nc(NC1CCCCC1N)n2Cc1ccccc1Cl. The van der Waals surface area contributed by atoms with Crippen LogP contribution < -0.4 is 22.3 Å². The van der Waals surface area contributed by atoms with Crippen molar-refractivity contribution in [3.8, 4) is 0 Å². The van der Waals surface area contributed by atoms with Gasteiger partial charge in [0.2, 0.25) is 5.95 Å². The molecule has 1 saturated carbocycles. The average molecular weight is 523 g/mol. The lowest BCUT2D eigenvalue weighted by molar-refractivity contribution is 0.153. The monoisotopic (exact) mass is 522 g/mol. The number of halogens is 1. The zero-order valence-corrected chi connectivity index (χ0v) is 21.4. The molecule has 0 saturated heterocycles. The first-order chi connectivity index (χ1) is 17.8. The summed E-state index contributed by atoms with van der Waals surface area (Å²) in [5.74, 6) is 0.464. The van der Waals surface area contributed by atoms with Crippen LogP contribution in [0.1, 0.15) is 42.9 Å². The second-order valence-corrected chi connectivity index (χ2v) is 10.1. The molecule has 2 heterocycles. The van der Waals surface area contributed by atoms with Crippen LogP contribution in [0.15, 0.2) is 64.2 Å². The third-order valence-corrected chi connectivity index (χ3v) is 7.56. The number of hydrogen-bond donors (Lipinski definition) is 3. The predicted octanol–water partition coefficient (Wildman–Crippen LogP) is 3.01. The highest BCUT2D eigenvalue weighted by atomic mass is 35.5. The lowest BCUT2D eigenvalue weighted by atomic mass is 9.91. The Balaban J connectivity index is 1.65. The maximum absolute atomic E-state index is 13.8. The highest BCUT2D eigenvalue weighted by Gasteiger charge is 2.27. The normalized spacial score (nSPS) is 18.7. The molecule has 2 unspecified atom stereocenters. The van der Waals surface area contributed by atoms with E-state index in [1.807, 2.05) is 24.3 Å².